The van der Waals surface area contributed by atoms with Crippen molar-refractivity contribution in [2.45, 2.75) is 18.2 Å². The smallest absolute Gasteiger partial charge is 0.263 e. The van der Waals surface area contributed by atoms with Crippen LogP contribution in [0.1, 0.15) is 11.1 Å². The van der Waals surface area contributed by atoms with Gasteiger partial charge in [0.25, 0.3) is 10.0 Å². The highest BCUT2D eigenvalue weighted by Gasteiger charge is 2.22. The maximum Gasteiger partial charge on any atom is 0.263 e. The van der Waals surface area contributed by atoms with Crippen molar-refractivity contribution in [3.8, 4) is 0 Å². The molecule has 4 rings (SSSR count). The number of benzene rings is 2. The minimum Gasteiger partial charge on any atom is -0.339 e. The predicted molar refractivity (Wildman–Crippen MR) is 106 cm³/mol. The van der Waals surface area contributed by atoms with Gasteiger partial charge < -0.3 is 10.6 Å². The van der Waals surface area contributed by atoms with E-state index in [9.17, 15) is 13.2 Å². The van der Waals surface area contributed by atoms with Gasteiger partial charge in [0.05, 0.1) is 11.3 Å². The molecule has 1 aliphatic rings. The van der Waals surface area contributed by atoms with Crippen molar-refractivity contribution in [1.29, 1.82) is 0 Å². The summed E-state index contributed by atoms with van der Waals surface area (Å²) in [7, 11) is -3.84. The number of fused-ring (bicyclic) bond motifs is 1. The van der Waals surface area contributed by atoms with Crippen LogP contribution in [0.2, 0.25) is 0 Å². The number of carbonyl (C=O) groups excluding carboxylic acids is 1. The molecule has 28 heavy (non-hydrogen) atoms. The number of aryl methyl sites for hydroxylation is 1. The molecule has 0 saturated heterocycles. The molecule has 0 radical (unpaired) electrons. The summed E-state index contributed by atoms with van der Waals surface area (Å²) in [6.45, 7) is 1.97. The second kappa shape index (κ2) is 6.93. The minimum absolute atomic E-state index is 0.0617. The fourth-order valence-electron chi connectivity index (χ4n) is 2.87. The summed E-state index contributed by atoms with van der Waals surface area (Å²) in [6, 6.07) is 15.4. The standard InChI is InChI=1S/C19H17N5O3S/c1-12-4-2-3-5-15(12)20-17-8-9-18(23-22-17)24-28(26,27)14-6-7-16-13(10-14)11-19(25)21-16/h2-10H,11H2,1H3,(H,20,22)(H,21,25)(H,23,24). The summed E-state index contributed by atoms with van der Waals surface area (Å²) in [5.74, 6) is 0.449. The van der Waals surface area contributed by atoms with Crippen LogP contribution in [0, 0.1) is 6.92 Å². The van der Waals surface area contributed by atoms with Crippen molar-refractivity contribution in [3.05, 3.63) is 65.7 Å². The molecule has 1 aliphatic heterocycles. The van der Waals surface area contributed by atoms with E-state index in [1.165, 1.54) is 18.2 Å². The number of para-hydroxylation sites is 1. The maximum absolute atomic E-state index is 12.6. The Labute approximate surface area is 162 Å². The van der Waals surface area contributed by atoms with Crippen molar-refractivity contribution in [2.75, 3.05) is 15.4 Å². The first kappa shape index (κ1) is 17.9. The third-order valence-corrected chi connectivity index (χ3v) is 5.68. The number of hydrogen-bond donors (Lipinski definition) is 3. The largest absolute Gasteiger partial charge is 0.339 e. The zero-order valence-corrected chi connectivity index (χ0v) is 15.7. The monoisotopic (exact) mass is 395 g/mol. The molecular formula is C19H17N5O3S. The van der Waals surface area contributed by atoms with Crippen LogP contribution in [0.4, 0.5) is 23.0 Å². The van der Waals surface area contributed by atoms with Gasteiger partial charge in [-0.1, -0.05) is 18.2 Å². The number of hydrogen-bond acceptors (Lipinski definition) is 6. The van der Waals surface area contributed by atoms with Crippen LogP contribution in [0.25, 0.3) is 0 Å². The van der Waals surface area contributed by atoms with E-state index in [1.54, 1.807) is 12.1 Å². The maximum atomic E-state index is 12.6. The van der Waals surface area contributed by atoms with Crippen molar-refractivity contribution in [1.82, 2.24) is 10.2 Å². The van der Waals surface area contributed by atoms with Crippen molar-refractivity contribution < 1.29 is 13.2 Å². The van der Waals surface area contributed by atoms with Crippen molar-refractivity contribution >= 4 is 38.9 Å². The molecule has 3 aromatic rings. The second-order valence-corrected chi connectivity index (χ2v) is 8.08. The molecule has 0 aliphatic carbocycles. The van der Waals surface area contributed by atoms with Gasteiger partial charge in [0.15, 0.2) is 11.6 Å². The van der Waals surface area contributed by atoms with Gasteiger partial charge in [-0.3, -0.25) is 9.52 Å². The Kier molecular flexibility index (Phi) is 4.44. The number of carbonyl (C=O) groups is 1. The number of amides is 1. The van der Waals surface area contributed by atoms with Crippen LogP contribution in [0.15, 0.2) is 59.5 Å². The Morgan fingerprint density at radius 2 is 1.75 bits per heavy atom. The Morgan fingerprint density at radius 3 is 2.50 bits per heavy atom. The molecule has 0 unspecified atom stereocenters. The summed E-state index contributed by atoms with van der Waals surface area (Å²) in [5.41, 5.74) is 3.23. The summed E-state index contributed by atoms with van der Waals surface area (Å²) in [4.78, 5) is 11.5. The highest BCUT2D eigenvalue weighted by molar-refractivity contribution is 7.92. The van der Waals surface area contributed by atoms with Gasteiger partial charge in [-0.05, 0) is 54.4 Å². The molecule has 0 saturated carbocycles. The number of nitrogens with zero attached hydrogens (tertiary/aromatic N) is 2. The molecule has 142 valence electrons. The predicted octanol–water partition coefficient (Wildman–Crippen LogP) is 2.82. The molecule has 2 heterocycles. The third-order valence-electron chi connectivity index (χ3n) is 4.32. The molecule has 8 nitrogen and oxygen atoms in total. The minimum atomic E-state index is -3.84. The number of rotatable bonds is 5. The van der Waals surface area contributed by atoms with Crippen LogP contribution in [-0.4, -0.2) is 24.5 Å². The lowest BCUT2D eigenvalue weighted by atomic mass is 10.2. The van der Waals surface area contributed by atoms with Gasteiger partial charge in [-0.2, -0.15) is 0 Å². The first-order chi connectivity index (χ1) is 13.4. The van der Waals surface area contributed by atoms with Crippen LogP contribution >= 0.6 is 0 Å². The lowest BCUT2D eigenvalue weighted by Gasteiger charge is -2.10. The van der Waals surface area contributed by atoms with E-state index < -0.39 is 10.0 Å². The highest BCUT2D eigenvalue weighted by Crippen LogP contribution is 2.26. The van der Waals surface area contributed by atoms with Gasteiger partial charge in [-0.15, -0.1) is 10.2 Å². The first-order valence-corrected chi connectivity index (χ1v) is 10.0. The topological polar surface area (TPSA) is 113 Å². The molecule has 2 aromatic carbocycles. The normalized spacial score (nSPS) is 13.0. The summed E-state index contributed by atoms with van der Waals surface area (Å²) >= 11 is 0. The molecular weight excluding hydrogens is 378 g/mol. The van der Waals surface area contributed by atoms with Gasteiger partial charge in [0.2, 0.25) is 5.91 Å². The summed E-state index contributed by atoms with van der Waals surface area (Å²) in [5, 5.41) is 13.8. The van der Waals surface area contributed by atoms with Crippen molar-refractivity contribution in [2.24, 2.45) is 0 Å². The molecule has 0 fully saturated rings. The van der Waals surface area contributed by atoms with E-state index in [-0.39, 0.29) is 23.0 Å². The molecule has 1 amide bonds. The second-order valence-electron chi connectivity index (χ2n) is 6.39. The molecule has 0 bridgehead atoms. The Bertz CT molecular complexity index is 1160. The van der Waals surface area contributed by atoms with Gasteiger partial charge >= 0.3 is 0 Å². The summed E-state index contributed by atoms with van der Waals surface area (Å²) in [6.07, 6.45) is 0.164. The average molecular weight is 395 g/mol. The average Bonchev–Trinajstić information content (AvgIpc) is 3.04. The lowest BCUT2D eigenvalue weighted by Crippen LogP contribution is -2.14. The number of aromatic nitrogens is 2. The van der Waals surface area contributed by atoms with Gasteiger partial charge in [-0.25, -0.2) is 8.42 Å². The zero-order valence-electron chi connectivity index (χ0n) is 14.9. The molecule has 1 aromatic heterocycles. The van der Waals surface area contributed by atoms with Crippen molar-refractivity contribution in [3.63, 3.8) is 0 Å². The summed E-state index contributed by atoms with van der Waals surface area (Å²) < 4.78 is 27.6. The van der Waals surface area contributed by atoms with Gasteiger partial charge in [0.1, 0.15) is 0 Å². The van der Waals surface area contributed by atoms with E-state index in [2.05, 4.69) is 25.6 Å². The van der Waals surface area contributed by atoms with Gasteiger partial charge in [0, 0.05) is 11.4 Å². The van der Waals surface area contributed by atoms with E-state index >= 15 is 0 Å². The van der Waals surface area contributed by atoms with Crippen LogP contribution in [0.5, 0.6) is 0 Å². The number of anilines is 4. The fourth-order valence-corrected chi connectivity index (χ4v) is 3.92. The molecule has 9 heteroatoms. The van der Waals surface area contributed by atoms with E-state index in [4.69, 9.17) is 0 Å². The molecule has 0 spiro atoms. The van der Waals surface area contributed by atoms with E-state index in [0.717, 1.165) is 11.3 Å². The lowest BCUT2D eigenvalue weighted by molar-refractivity contribution is -0.115. The zero-order chi connectivity index (χ0) is 19.7. The van der Waals surface area contributed by atoms with E-state index in [1.807, 2.05) is 31.2 Å². The number of nitrogens with one attached hydrogen (secondary N) is 3. The highest BCUT2D eigenvalue weighted by atomic mass is 32.2. The third kappa shape index (κ3) is 3.65. The quantitative estimate of drug-likeness (QED) is 0.612. The first-order valence-electron chi connectivity index (χ1n) is 8.53. The van der Waals surface area contributed by atoms with Crippen LogP contribution in [-0.2, 0) is 21.2 Å². The molecule has 3 N–H and O–H groups in total. The fraction of sp³-hybridized carbons (Fsp3) is 0.105. The van der Waals surface area contributed by atoms with Crippen LogP contribution in [0.3, 0.4) is 0 Å². The van der Waals surface area contributed by atoms with Crippen LogP contribution < -0.4 is 15.4 Å². The number of sulfonamides is 1. The SMILES string of the molecule is Cc1ccccc1Nc1ccc(NS(=O)(=O)c2ccc3c(c2)CC(=O)N3)nn1. The Morgan fingerprint density at radius 1 is 1.00 bits per heavy atom. The molecule has 0 atom stereocenters. The van der Waals surface area contributed by atoms with E-state index in [0.29, 0.717) is 17.1 Å². The Hall–Kier alpha value is -3.46. The Balaban J connectivity index is 1.50.